The van der Waals surface area contributed by atoms with Gasteiger partial charge in [0, 0.05) is 43.9 Å². The van der Waals surface area contributed by atoms with Crippen LogP contribution in [0.2, 0.25) is 0 Å². The summed E-state index contributed by atoms with van der Waals surface area (Å²) in [6.45, 7) is 8.40. The van der Waals surface area contributed by atoms with Crippen LogP contribution < -0.4 is 5.32 Å². The second-order valence-electron chi connectivity index (χ2n) is 7.77. The SMILES string of the molecule is Cl.c1cc2ccc(CN(CCN3CCCCC3)C3CCCNC3)cc2[nH]1. The molecule has 2 aliphatic rings. The first-order valence-corrected chi connectivity index (χ1v) is 10.1. The molecular formula is C21H33ClN4. The molecule has 2 aromatic rings. The van der Waals surface area contributed by atoms with Crippen molar-refractivity contribution in [2.75, 3.05) is 39.3 Å². The molecule has 0 aliphatic carbocycles. The molecule has 0 spiro atoms. The number of nitrogens with zero attached hydrogens (tertiary/aromatic N) is 2. The van der Waals surface area contributed by atoms with Gasteiger partial charge in [0.1, 0.15) is 0 Å². The van der Waals surface area contributed by atoms with Gasteiger partial charge in [0.25, 0.3) is 0 Å². The summed E-state index contributed by atoms with van der Waals surface area (Å²) in [4.78, 5) is 8.75. The molecule has 0 bridgehead atoms. The Balaban J connectivity index is 0.00000196. The van der Waals surface area contributed by atoms with Gasteiger partial charge in [-0.3, -0.25) is 4.90 Å². The summed E-state index contributed by atoms with van der Waals surface area (Å²) in [5.41, 5.74) is 2.69. The average Bonchev–Trinajstić information content (AvgIpc) is 3.14. The van der Waals surface area contributed by atoms with Gasteiger partial charge in [0.15, 0.2) is 0 Å². The maximum absolute atomic E-state index is 3.60. The van der Waals surface area contributed by atoms with Crippen molar-refractivity contribution in [2.45, 2.75) is 44.7 Å². The minimum atomic E-state index is 0. The molecule has 3 heterocycles. The summed E-state index contributed by atoms with van der Waals surface area (Å²) in [6.07, 6.45) is 8.86. The maximum atomic E-state index is 3.60. The van der Waals surface area contributed by atoms with Crippen molar-refractivity contribution in [3.05, 3.63) is 36.0 Å². The number of aromatic nitrogens is 1. The van der Waals surface area contributed by atoms with E-state index in [0.29, 0.717) is 6.04 Å². The molecule has 144 valence electrons. The number of aromatic amines is 1. The Labute approximate surface area is 163 Å². The number of hydrogen-bond donors (Lipinski definition) is 2. The first-order chi connectivity index (χ1) is 12.4. The third-order valence-electron chi connectivity index (χ3n) is 5.94. The lowest BCUT2D eigenvalue weighted by molar-refractivity contribution is 0.125. The molecule has 0 amide bonds. The Morgan fingerprint density at radius 1 is 1.08 bits per heavy atom. The van der Waals surface area contributed by atoms with E-state index in [2.05, 4.69) is 44.4 Å². The molecule has 2 saturated heterocycles. The number of halogens is 1. The number of benzene rings is 1. The highest BCUT2D eigenvalue weighted by atomic mass is 35.5. The molecule has 4 rings (SSSR count). The first-order valence-electron chi connectivity index (χ1n) is 10.1. The summed E-state index contributed by atoms with van der Waals surface area (Å²) in [5.74, 6) is 0. The van der Waals surface area contributed by atoms with Crippen molar-refractivity contribution >= 4 is 23.3 Å². The molecule has 2 N–H and O–H groups in total. The van der Waals surface area contributed by atoms with Gasteiger partial charge in [-0.05, 0) is 68.4 Å². The van der Waals surface area contributed by atoms with Gasteiger partial charge in [0.2, 0.25) is 0 Å². The minimum Gasteiger partial charge on any atom is -0.361 e. The van der Waals surface area contributed by atoms with Crippen molar-refractivity contribution in [1.82, 2.24) is 20.1 Å². The number of hydrogen-bond acceptors (Lipinski definition) is 3. The van der Waals surface area contributed by atoms with Gasteiger partial charge in [-0.15, -0.1) is 12.4 Å². The largest absolute Gasteiger partial charge is 0.361 e. The third-order valence-corrected chi connectivity index (χ3v) is 5.94. The predicted octanol–water partition coefficient (Wildman–Crippen LogP) is 3.63. The van der Waals surface area contributed by atoms with E-state index in [9.17, 15) is 0 Å². The van der Waals surface area contributed by atoms with Crippen molar-refractivity contribution in [1.29, 1.82) is 0 Å². The second-order valence-corrected chi connectivity index (χ2v) is 7.77. The summed E-state index contributed by atoms with van der Waals surface area (Å²) >= 11 is 0. The lowest BCUT2D eigenvalue weighted by Gasteiger charge is -2.37. The van der Waals surface area contributed by atoms with Crippen molar-refractivity contribution in [2.24, 2.45) is 0 Å². The normalized spacial score (nSPS) is 21.8. The Hall–Kier alpha value is -1.07. The smallest absolute Gasteiger partial charge is 0.0457 e. The lowest BCUT2D eigenvalue weighted by atomic mass is 10.0. The van der Waals surface area contributed by atoms with E-state index >= 15 is 0 Å². The zero-order chi connectivity index (χ0) is 16.9. The monoisotopic (exact) mass is 376 g/mol. The highest BCUT2D eigenvalue weighted by molar-refractivity contribution is 5.85. The van der Waals surface area contributed by atoms with Crippen LogP contribution >= 0.6 is 12.4 Å². The van der Waals surface area contributed by atoms with E-state index in [1.165, 1.54) is 81.3 Å². The predicted molar refractivity (Wildman–Crippen MR) is 112 cm³/mol. The fraction of sp³-hybridized carbons (Fsp3) is 0.619. The van der Waals surface area contributed by atoms with E-state index in [1.54, 1.807) is 0 Å². The Morgan fingerprint density at radius 3 is 2.77 bits per heavy atom. The maximum Gasteiger partial charge on any atom is 0.0457 e. The summed E-state index contributed by atoms with van der Waals surface area (Å²) in [7, 11) is 0. The summed E-state index contributed by atoms with van der Waals surface area (Å²) in [5, 5.41) is 4.91. The zero-order valence-electron chi connectivity index (χ0n) is 15.8. The van der Waals surface area contributed by atoms with E-state index in [-0.39, 0.29) is 12.4 Å². The molecule has 1 atom stereocenters. The summed E-state index contributed by atoms with van der Waals surface area (Å²) in [6, 6.07) is 9.72. The molecule has 2 fully saturated rings. The van der Waals surface area contributed by atoms with Gasteiger partial charge < -0.3 is 15.2 Å². The molecule has 1 aromatic heterocycles. The quantitative estimate of drug-likeness (QED) is 0.807. The van der Waals surface area contributed by atoms with E-state index in [4.69, 9.17) is 0 Å². The zero-order valence-corrected chi connectivity index (χ0v) is 16.6. The van der Waals surface area contributed by atoms with Crippen LogP contribution in [0, 0.1) is 0 Å². The third kappa shape index (κ3) is 5.01. The van der Waals surface area contributed by atoms with Crippen molar-refractivity contribution in [3.63, 3.8) is 0 Å². The van der Waals surface area contributed by atoms with Crippen LogP contribution in [0.1, 0.15) is 37.7 Å². The van der Waals surface area contributed by atoms with Crippen LogP contribution in [0.3, 0.4) is 0 Å². The Bertz CT molecular complexity index is 659. The van der Waals surface area contributed by atoms with E-state index < -0.39 is 0 Å². The molecule has 1 aromatic carbocycles. The standard InChI is InChI=1S/C21H32N4.ClH/c1-2-11-24(12-3-1)13-14-25(20-5-4-9-22-16-20)17-18-6-7-19-8-10-23-21(19)15-18;/h6-8,10,15,20,22-23H,1-5,9,11-14,16-17H2;1H. The number of nitrogens with one attached hydrogen (secondary N) is 2. The average molecular weight is 377 g/mol. The van der Waals surface area contributed by atoms with Crippen molar-refractivity contribution in [3.8, 4) is 0 Å². The fourth-order valence-electron chi connectivity index (χ4n) is 4.42. The second kappa shape index (κ2) is 9.75. The number of fused-ring (bicyclic) bond motifs is 1. The Kier molecular flexibility index (Phi) is 7.38. The van der Waals surface area contributed by atoms with Gasteiger partial charge in [-0.25, -0.2) is 0 Å². The van der Waals surface area contributed by atoms with E-state index in [0.717, 1.165) is 13.1 Å². The molecule has 26 heavy (non-hydrogen) atoms. The molecule has 4 nitrogen and oxygen atoms in total. The first kappa shape index (κ1) is 19.7. The van der Waals surface area contributed by atoms with Crippen LogP contribution in [0.25, 0.3) is 10.9 Å². The molecule has 5 heteroatoms. The summed E-state index contributed by atoms with van der Waals surface area (Å²) < 4.78 is 0. The van der Waals surface area contributed by atoms with Gasteiger partial charge >= 0.3 is 0 Å². The van der Waals surface area contributed by atoms with Gasteiger partial charge in [-0.2, -0.15) is 0 Å². The van der Waals surface area contributed by atoms with E-state index in [1.807, 2.05) is 6.20 Å². The number of likely N-dealkylation sites (tertiary alicyclic amines) is 1. The molecule has 0 radical (unpaired) electrons. The van der Waals surface area contributed by atoms with Crippen LogP contribution in [0.4, 0.5) is 0 Å². The number of H-pyrrole nitrogens is 1. The molecule has 2 aliphatic heterocycles. The number of piperidine rings is 2. The Morgan fingerprint density at radius 2 is 1.96 bits per heavy atom. The molecule has 0 saturated carbocycles. The van der Waals surface area contributed by atoms with Crippen LogP contribution in [-0.4, -0.2) is 60.1 Å². The molecule has 1 unspecified atom stereocenters. The minimum absolute atomic E-state index is 0. The molecular weight excluding hydrogens is 344 g/mol. The lowest BCUT2D eigenvalue weighted by Crippen LogP contribution is -2.48. The highest BCUT2D eigenvalue weighted by Gasteiger charge is 2.22. The van der Waals surface area contributed by atoms with Gasteiger partial charge in [0.05, 0.1) is 0 Å². The van der Waals surface area contributed by atoms with Crippen molar-refractivity contribution < 1.29 is 0 Å². The van der Waals surface area contributed by atoms with Crippen LogP contribution in [-0.2, 0) is 6.54 Å². The topological polar surface area (TPSA) is 34.3 Å². The van der Waals surface area contributed by atoms with Crippen LogP contribution in [0.15, 0.2) is 30.5 Å². The fourth-order valence-corrected chi connectivity index (χ4v) is 4.42. The van der Waals surface area contributed by atoms with Crippen LogP contribution in [0.5, 0.6) is 0 Å². The van der Waals surface area contributed by atoms with Gasteiger partial charge in [-0.1, -0.05) is 18.6 Å². The highest BCUT2D eigenvalue weighted by Crippen LogP contribution is 2.19. The number of rotatable bonds is 6.